The van der Waals surface area contributed by atoms with Crippen molar-refractivity contribution in [1.82, 2.24) is 0 Å². The predicted molar refractivity (Wildman–Crippen MR) is 56.3 cm³/mol. The standard InChI is InChI=1S/C12H16N/c13-12-8-6-11(7-9-12)10-4-2-1-3-5-10/h6-9H,1-5,13H2. The van der Waals surface area contributed by atoms with Crippen molar-refractivity contribution >= 4 is 5.69 Å². The summed E-state index contributed by atoms with van der Waals surface area (Å²) in [7, 11) is 0. The molecule has 0 aliphatic heterocycles. The molecule has 1 aromatic rings. The molecule has 0 bridgehead atoms. The summed E-state index contributed by atoms with van der Waals surface area (Å²) in [6.45, 7) is 0. The Labute approximate surface area is 80.0 Å². The number of rotatable bonds is 1. The number of hydrogen-bond acceptors (Lipinski definition) is 1. The van der Waals surface area contributed by atoms with E-state index < -0.39 is 0 Å². The minimum Gasteiger partial charge on any atom is -0.399 e. The summed E-state index contributed by atoms with van der Waals surface area (Å²) in [5, 5.41) is 0. The van der Waals surface area contributed by atoms with Gasteiger partial charge in [-0.3, -0.25) is 0 Å². The van der Waals surface area contributed by atoms with E-state index in [-0.39, 0.29) is 0 Å². The summed E-state index contributed by atoms with van der Waals surface area (Å²) in [4.78, 5) is 0. The van der Waals surface area contributed by atoms with Crippen LogP contribution in [0.15, 0.2) is 24.3 Å². The van der Waals surface area contributed by atoms with Gasteiger partial charge in [0, 0.05) is 11.6 Å². The van der Waals surface area contributed by atoms with E-state index in [2.05, 4.69) is 12.1 Å². The van der Waals surface area contributed by atoms with E-state index in [1.54, 1.807) is 5.92 Å². The first-order chi connectivity index (χ1) is 6.36. The molecule has 0 aromatic heterocycles. The summed E-state index contributed by atoms with van der Waals surface area (Å²) < 4.78 is 0. The Morgan fingerprint density at radius 1 is 0.846 bits per heavy atom. The van der Waals surface area contributed by atoms with Crippen molar-refractivity contribution in [2.75, 3.05) is 5.73 Å². The molecular weight excluding hydrogens is 158 g/mol. The first-order valence-electron chi connectivity index (χ1n) is 5.07. The van der Waals surface area contributed by atoms with Gasteiger partial charge in [-0.05, 0) is 30.5 Å². The highest BCUT2D eigenvalue weighted by Gasteiger charge is 2.15. The van der Waals surface area contributed by atoms with E-state index in [1.807, 2.05) is 12.1 Å². The van der Waals surface area contributed by atoms with E-state index in [9.17, 15) is 0 Å². The minimum absolute atomic E-state index is 0.861. The van der Waals surface area contributed by atoms with Crippen molar-refractivity contribution in [1.29, 1.82) is 0 Å². The van der Waals surface area contributed by atoms with Gasteiger partial charge in [-0.2, -0.15) is 0 Å². The van der Waals surface area contributed by atoms with Gasteiger partial charge in [0.15, 0.2) is 0 Å². The molecule has 69 valence electrons. The fourth-order valence-electron chi connectivity index (χ4n) is 1.99. The SMILES string of the molecule is Nc1ccc([C]2CCCCC2)cc1. The molecule has 1 saturated carbocycles. The fourth-order valence-corrected chi connectivity index (χ4v) is 1.99. The lowest BCUT2D eigenvalue weighted by Crippen LogP contribution is -2.05. The van der Waals surface area contributed by atoms with E-state index in [0.29, 0.717) is 0 Å². The van der Waals surface area contributed by atoms with Crippen LogP contribution in [0.3, 0.4) is 0 Å². The van der Waals surface area contributed by atoms with Crippen LogP contribution in [0.25, 0.3) is 0 Å². The lowest BCUT2D eigenvalue weighted by Gasteiger charge is -2.21. The Morgan fingerprint density at radius 3 is 2.08 bits per heavy atom. The monoisotopic (exact) mass is 174 g/mol. The van der Waals surface area contributed by atoms with E-state index >= 15 is 0 Å². The maximum atomic E-state index is 5.65. The van der Waals surface area contributed by atoms with Crippen molar-refractivity contribution < 1.29 is 0 Å². The van der Waals surface area contributed by atoms with Crippen LogP contribution < -0.4 is 5.73 Å². The maximum Gasteiger partial charge on any atom is 0.0314 e. The summed E-state index contributed by atoms with van der Waals surface area (Å²) in [6, 6.07) is 8.29. The number of nitrogens with two attached hydrogens (primary N) is 1. The largest absolute Gasteiger partial charge is 0.399 e. The molecule has 0 unspecified atom stereocenters. The minimum atomic E-state index is 0.861. The highest BCUT2D eigenvalue weighted by atomic mass is 14.5. The van der Waals surface area contributed by atoms with Gasteiger partial charge in [-0.15, -0.1) is 0 Å². The van der Waals surface area contributed by atoms with Crippen LogP contribution in [0, 0.1) is 5.92 Å². The lowest BCUT2D eigenvalue weighted by atomic mass is 9.84. The molecule has 1 aromatic carbocycles. The molecule has 2 rings (SSSR count). The van der Waals surface area contributed by atoms with Crippen LogP contribution in [-0.2, 0) is 0 Å². The Bertz CT molecular complexity index is 257. The van der Waals surface area contributed by atoms with E-state index in [0.717, 1.165) is 5.69 Å². The topological polar surface area (TPSA) is 26.0 Å². The second-order valence-electron chi connectivity index (χ2n) is 3.79. The molecule has 0 saturated heterocycles. The van der Waals surface area contributed by atoms with Crippen LogP contribution in [0.4, 0.5) is 5.69 Å². The van der Waals surface area contributed by atoms with Crippen molar-refractivity contribution in [2.45, 2.75) is 32.1 Å². The molecule has 1 aliphatic rings. The second-order valence-corrected chi connectivity index (χ2v) is 3.79. The van der Waals surface area contributed by atoms with Crippen LogP contribution in [-0.4, -0.2) is 0 Å². The molecule has 1 fully saturated rings. The van der Waals surface area contributed by atoms with Gasteiger partial charge in [-0.1, -0.05) is 31.4 Å². The van der Waals surface area contributed by atoms with Crippen molar-refractivity contribution in [2.24, 2.45) is 0 Å². The first kappa shape index (κ1) is 8.61. The molecule has 1 aliphatic carbocycles. The van der Waals surface area contributed by atoms with Crippen LogP contribution in [0.1, 0.15) is 37.7 Å². The number of anilines is 1. The number of hydrogen-bond donors (Lipinski definition) is 1. The molecule has 0 spiro atoms. The average molecular weight is 174 g/mol. The van der Waals surface area contributed by atoms with Crippen molar-refractivity contribution in [3.63, 3.8) is 0 Å². The predicted octanol–water partition coefficient (Wildman–Crippen LogP) is 3.16. The summed E-state index contributed by atoms with van der Waals surface area (Å²) in [5.41, 5.74) is 7.91. The normalized spacial score (nSPS) is 18.8. The average Bonchev–Trinajstić information content (AvgIpc) is 2.20. The van der Waals surface area contributed by atoms with Crippen molar-refractivity contribution in [3.8, 4) is 0 Å². The zero-order chi connectivity index (χ0) is 9.10. The third-order valence-corrected chi connectivity index (χ3v) is 2.78. The Balaban J connectivity index is 2.10. The fraction of sp³-hybridized carbons (Fsp3) is 0.417. The van der Waals surface area contributed by atoms with E-state index in [4.69, 9.17) is 5.73 Å². The van der Waals surface area contributed by atoms with Gasteiger partial charge in [-0.25, -0.2) is 0 Å². The highest BCUT2D eigenvalue weighted by molar-refractivity contribution is 5.43. The van der Waals surface area contributed by atoms with Crippen molar-refractivity contribution in [3.05, 3.63) is 35.7 Å². The lowest BCUT2D eigenvalue weighted by molar-refractivity contribution is 0.551. The first-order valence-corrected chi connectivity index (χ1v) is 5.07. The smallest absolute Gasteiger partial charge is 0.0314 e. The Morgan fingerprint density at radius 2 is 1.46 bits per heavy atom. The third-order valence-electron chi connectivity index (χ3n) is 2.78. The molecule has 0 amide bonds. The summed E-state index contributed by atoms with van der Waals surface area (Å²) in [6.07, 6.45) is 6.69. The maximum absolute atomic E-state index is 5.65. The molecule has 13 heavy (non-hydrogen) atoms. The molecule has 1 nitrogen and oxygen atoms in total. The van der Waals surface area contributed by atoms with Gasteiger partial charge in [0.2, 0.25) is 0 Å². The van der Waals surface area contributed by atoms with Crippen LogP contribution >= 0.6 is 0 Å². The van der Waals surface area contributed by atoms with Crippen LogP contribution in [0.5, 0.6) is 0 Å². The van der Waals surface area contributed by atoms with Gasteiger partial charge in [0.1, 0.15) is 0 Å². The quantitative estimate of drug-likeness (QED) is 0.650. The van der Waals surface area contributed by atoms with Gasteiger partial charge in [0.25, 0.3) is 0 Å². The second kappa shape index (κ2) is 3.82. The number of benzene rings is 1. The van der Waals surface area contributed by atoms with Gasteiger partial charge in [0.05, 0.1) is 0 Å². The molecule has 0 heterocycles. The zero-order valence-corrected chi connectivity index (χ0v) is 7.92. The molecule has 0 atom stereocenters. The van der Waals surface area contributed by atoms with E-state index in [1.165, 1.54) is 37.7 Å². The Hall–Kier alpha value is -0.980. The summed E-state index contributed by atoms with van der Waals surface area (Å²) in [5.74, 6) is 1.62. The zero-order valence-electron chi connectivity index (χ0n) is 7.92. The molecule has 1 radical (unpaired) electrons. The molecular formula is C12H16N. The molecule has 2 N–H and O–H groups in total. The van der Waals surface area contributed by atoms with Gasteiger partial charge >= 0.3 is 0 Å². The third kappa shape index (κ3) is 2.03. The number of nitrogen functional groups attached to an aromatic ring is 1. The highest BCUT2D eigenvalue weighted by Crippen LogP contribution is 2.31. The summed E-state index contributed by atoms with van der Waals surface area (Å²) >= 11 is 0. The van der Waals surface area contributed by atoms with Gasteiger partial charge < -0.3 is 5.73 Å². The van der Waals surface area contributed by atoms with Crippen LogP contribution in [0.2, 0.25) is 0 Å². The Kier molecular flexibility index (Phi) is 2.53. The molecule has 1 heteroatoms.